The molecule has 1 heterocycles. The van der Waals surface area contributed by atoms with Crippen LogP contribution in [0.25, 0.3) is 0 Å². The van der Waals surface area contributed by atoms with Crippen molar-refractivity contribution < 1.29 is 19.4 Å². The van der Waals surface area contributed by atoms with E-state index in [0.29, 0.717) is 19.6 Å². The van der Waals surface area contributed by atoms with E-state index in [1.807, 2.05) is 27.7 Å². The molecule has 5 nitrogen and oxygen atoms in total. The topological polar surface area (TPSA) is 67.8 Å². The highest BCUT2D eigenvalue weighted by molar-refractivity contribution is 5.72. The van der Waals surface area contributed by atoms with Crippen LogP contribution >= 0.6 is 0 Å². The SMILES string of the molecule is CC1OCCC1(O)CNCC(=O)OC(C)(C)C. The normalized spacial score (nSPS) is 29.4. The Morgan fingerprint density at radius 3 is 2.71 bits per heavy atom. The number of nitrogens with one attached hydrogen (secondary N) is 1. The molecular formula is C12H23NO4. The summed E-state index contributed by atoms with van der Waals surface area (Å²) in [4.78, 5) is 11.4. The van der Waals surface area contributed by atoms with E-state index in [1.54, 1.807) is 0 Å². The Labute approximate surface area is 102 Å². The molecule has 1 rings (SSSR count). The van der Waals surface area contributed by atoms with Gasteiger partial charge in [-0.1, -0.05) is 0 Å². The number of esters is 1. The fourth-order valence-corrected chi connectivity index (χ4v) is 1.76. The van der Waals surface area contributed by atoms with Crippen molar-refractivity contribution in [2.45, 2.75) is 51.4 Å². The molecule has 0 amide bonds. The number of rotatable bonds is 4. The Bertz CT molecular complexity index is 274. The molecule has 1 aliphatic rings. The fraction of sp³-hybridized carbons (Fsp3) is 0.917. The summed E-state index contributed by atoms with van der Waals surface area (Å²) in [7, 11) is 0. The van der Waals surface area contributed by atoms with Crippen molar-refractivity contribution in [3.63, 3.8) is 0 Å². The van der Waals surface area contributed by atoms with Gasteiger partial charge < -0.3 is 19.9 Å². The number of aliphatic hydroxyl groups is 1. The van der Waals surface area contributed by atoms with Gasteiger partial charge in [-0.3, -0.25) is 4.79 Å². The molecule has 0 spiro atoms. The van der Waals surface area contributed by atoms with Gasteiger partial charge in [0.15, 0.2) is 0 Å². The van der Waals surface area contributed by atoms with Gasteiger partial charge in [0.2, 0.25) is 0 Å². The number of carbonyl (C=O) groups excluding carboxylic acids is 1. The van der Waals surface area contributed by atoms with Gasteiger partial charge >= 0.3 is 5.97 Å². The standard InChI is InChI=1S/C12H23NO4/c1-9-12(15,5-6-16-9)8-13-7-10(14)17-11(2,3)4/h9,13,15H,5-8H2,1-4H3. The van der Waals surface area contributed by atoms with Gasteiger partial charge in [0.25, 0.3) is 0 Å². The van der Waals surface area contributed by atoms with Gasteiger partial charge in [-0.15, -0.1) is 0 Å². The van der Waals surface area contributed by atoms with Crippen molar-refractivity contribution in [3.05, 3.63) is 0 Å². The molecule has 2 N–H and O–H groups in total. The lowest BCUT2D eigenvalue weighted by molar-refractivity contribution is -0.153. The van der Waals surface area contributed by atoms with Crippen LogP contribution in [0.5, 0.6) is 0 Å². The van der Waals surface area contributed by atoms with Crippen LogP contribution in [0.4, 0.5) is 0 Å². The summed E-state index contributed by atoms with van der Waals surface area (Å²) in [5, 5.41) is 13.1. The van der Waals surface area contributed by atoms with Crippen molar-refractivity contribution in [1.82, 2.24) is 5.32 Å². The van der Waals surface area contributed by atoms with E-state index in [2.05, 4.69) is 5.32 Å². The average Bonchev–Trinajstić information content (AvgIpc) is 2.44. The fourth-order valence-electron chi connectivity index (χ4n) is 1.76. The maximum absolute atomic E-state index is 11.4. The van der Waals surface area contributed by atoms with Gasteiger partial charge in [-0.2, -0.15) is 0 Å². The summed E-state index contributed by atoms with van der Waals surface area (Å²) in [5.41, 5.74) is -1.35. The van der Waals surface area contributed by atoms with E-state index in [0.717, 1.165) is 0 Å². The first-order chi connectivity index (χ1) is 7.73. The van der Waals surface area contributed by atoms with Gasteiger partial charge in [-0.25, -0.2) is 0 Å². The largest absolute Gasteiger partial charge is 0.459 e. The monoisotopic (exact) mass is 245 g/mol. The Hall–Kier alpha value is -0.650. The number of hydrogen-bond donors (Lipinski definition) is 2. The Morgan fingerprint density at radius 2 is 2.24 bits per heavy atom. The minimum Gasteiger partial charge on any atom is -0.459 e. The van der Waals surface area contributed by atoms with Crippen LogP contribution < -0.4 is 5.32 Å². The third kappa shape index (κ3) is 4.61. The molecule has 1 aliphatic heterocycles. The highest BCUT2D eigenvalue weighted by atomic mass is 16.6. The van der Waals surface area contributed by atoms with E-state index >= 15 is 0 Å². The molecule has 0 bridgehead atoms. The summed E-state index contributed by atoms with van der Waals surface area (Å²) in [6.45, 7) is 8.32. The number of ether oxygens (including phenoxy) is 2. The molecule has 0 radical (unpaired) electrons. The molecule has 0 saturated carbocycles. The average molecular weight is 245 g/mol. The second kappa shape index (κ2) is 5.33. The Balaban J connectivity index is 2.26. The molecule has 17 heavy (non-hydrogen) atoms. The summed E-state index contributed by atoms with van der Waals surface area (Å²) >= 11 is 0. The quantitative estimate of drug-likeness (QED) is 0.704. The van der Waals surface area contributed by atoms with Crippen LogP contribution in [0.1, 0.15) is 34.1 Å². The van der Waals surface area contributed by atoms with E-state index in [-0.39, 0.29) is 18.6 Å². The lowest BCUT2D eigenvalue weighted by atomic mass is 9.97. The van der Waals surface area contributed by atoms with Crippen molar-refractivity contribution >= 4 is 5.97 Å². The van der Waals surface area contributed by atoms with Crippen LogP contribution in [-0.4, -0.2) is 48.1 Å². The summed E-state index contributed by atoms with van der Waals surface area (Å²) in [5.74, 6) is -0.312. The van der Waals surface area contributed by atoms with Crippen molar-refractivity contribution in [2.75, 3.05) is 19.7 Å². The molecule has 5 heteroatoms. The maximum atomic E-state index is 11.4. The molecule has 1 saturated heterocycles. The van der Waals surface area contributed by atoms with Crippen molar-refractivity contribution in [3.8, 4) is 0 Å². The molecule has 0 aliphatic carbocycles. The van der Waals surface area contributed by atoms with E-state index in [4.69, 9.17) is 9.47 Å². The molecular weight excluding hydrogens is 222 g/mol. The summed E-state index contributed by atoms with van der Waals surface area (Å²) < 4.78 is 10.4. The van der Waals surface area contributed by atoms with E-state index in [9.17, 15) is 9.90 Å². The summed E-state index contributed by atoms with van der Waals surface area (Å²) in [6, 6.07) is 0. The predicted molar refractivity (Wildman–Crippen MR) is 63.7 cm³/mol. The Kier molecular flexibility index (Phi) is 4.52. The first-order valence-electron chi connectivity index (χ1n) is 5.99. The first-order valence-corrected chi connectivity index (χ1v) is 5.99. The lowest BCUT2D eigenvalue weighted by Gasteiger charge is -2.26. The number of hydrogen-bond acceptors (Lipinski definition) is 5. The zero-order chi connectivity index (χ0) is 13.1. The van der Waals surface area contributed by atoms with E-state index in [1.165, 1.54) is 0 Å². The van der Waals surface area contributed by atoms with Gasteiger partial charge in [-0.05, 0) is 27.7 Å². The van der Waals surface area contributed by atoms with Crippen LogP contribution in [0.3, 0.4) is 0 Å². The highest BCUT2D eigenvalue weighted by Crippen LogP contribution is 2.24. The maximum Gasteiger partial charge on any atom is 0.320 e. The molecule has 0 aromatic carbocycles. The number of carbonyl (C=O) groups is 1. The summed E-state index contributed by atoms with van der Waals surface area (Å²) in [6.07, 6.45) is 0.392. The zero-order valence-electron chi connectivity index (χ0n) is 11.1. The van der Waals surface area contributed by atoms with Crippen LogP contribution in [0.15, 0.2) is 0 Å². The lowest BCUT2D eigenvalue weighted by Crippen LogP contribution is -2.47. The molecule has 2 atom stereocenters. The van der Waals surface area contributed by atoms with Gasteiger partial charge in [0.05, 0.1) is 12.6 Å². The molecule has 100 valence electrons. The second-order valence-electron chi connectivity index (χ2n) is 5.56. The minimum absolute atomic E-state index is 0.103. The van der Waals surface area contributed by atoms with Crippen molar-refractivity contribution in [1.29, 1.82) is 0 Å². The van der Waals surface area contributed by atoms with Gasteiger partial charge in [0, 0.05) is 19.6 Å². The highest BCUT2D eigenvalue weighted by Gasteiger charge is 2.39. The molecule has 2 unspecified atom stereocenters. The van der Waals surface area contributed by atoms with Crippen LogP contribution in [-0.2, 0) is 14.3 Å². The Morgan fingerprint density at radius 1 is 1.59 bits per heavy atom. The third-order valence-corrected chi connectivity index (χ3v) is 2.78. The van der Waals surface area contributed by atoms with Gasteiger partial charge in [0.1, 0.15) is 11.2 Å². The molecule has 1 fully saturated rings. The smallest absolute Gasteiger partial charge is 0.320 e. The first kappa shape index (κ1) is 14.4. The van der Waals surface area contributed by atoms with Crippen LogP contribution in [0, 0.1) is 0 Å². The van der Waals surface area contributed by atoms with E-state index < -0.39 is 11.2 Å². The third-order valence-electron chi connectivity index (χ3n) is 2.78. The molecule has 0 aromatic rings. The van der Waals surface area contributed by atoms with Crippen LogP contribution in [0.2, 0.25) is 0 Å². The van der Waals surface area contributed by atoms with Crippen molar-refractivity contribution in [2.24, 2.45) is 0 Å². The predicted octanol–water partition coefficient (Wildman–Crippen LogP) is 0.458. The zero-order valence-corrected chi connectivity index (χ0v) is 11.1. The minimum atomic E-state index is -0.873. The second-order valence-corrected chi connectivity index (χ2v) is 5.56. The molecule has 0 aromatic heterocycles.